The summed E-state index contributed by atoms with van der Waals surface area (Å²) in [7, 11) is 0. The Bertz CT molecular complexity index is 610. The van der Waals surface area contributed by atoms with Crippen molar-refractivity contribution in [1.29, 1.82) is 0 Å². The Labute approximate surface area is 109 Å². The van der Waals surface area contributed by atoms with Crippen LogP contribution in [-0.4, -0.2) is 22.7 Å². The van der Waals surface area contributed by atoms with E-state index >= 15 is 0 Å². The van der Waals surface area contributed by atoms with Crippen LogP contribution in [0.2, 0.25) is 0 Å². The first-order chi connectivity index (χ1) is 9.17. The van der Waals surface area contributed by atoms with Gasteiger partial charge in [-0.25, -0.2) is 0 Å². The molecule has 0 saturated heterocycles. The molecule has 2 heterocycles. The predicted molar refractivity (Wildman–Crippen MR) is 64.3 cm³/mol. The molecule has 6 heteroatoms. The average molecular weight is 262 g/mol. The van der Waals surface area contributed by atoms with Crippen LogP contribution in [0.15, 0.2) is 21.3 Å². The van der Waals surface area contributed by atoms with Gasteiger partial charge in [-0.15, -0.1) is 0 Å². The molecule has 0 bridgehead atoms. The number of rotatable bonds is 4. The molecule has 100 valence electrons. The van der Waals surface area contributed by atoms with Gasteiger partial charge >= 0.3 is 5.97 Å². The van der Waals surface area contributed by atoms with Crippen LogP contribution in [0, 0.1) is 6.92 Å². The van der Waals surface area contributed by atoms with E-state index in [-0.39, 0.29) is 5.97 Å². The normalized spacial score (nSPS) is 16.3. The van der Waals surface area contributed by atoms with Crippen LogP contribution >= 0.6 is 0 Å². The van der Waals surface area contributed by atoms with Gasteiger partial charge in [-0.05, 0) is 38.3 Å². The van der Waals surface area contributed by atoms with E-state index in [0.29, 0.717) is 36.9 Å². The molecule has 0 aliphatic heterocycles. The van der Waals surface area contributed by atoms with Crippen molar-refractivity contribution in [2.75, 3.05) is 6.61 Å². The molecule has 3 rings (SSSR count). The molecule has 19 heavy (non-hydrogen) atoms. The van der Waals surface area contributed by atoms with Crippen LogP contribution in [0.3, 0.4) is 0 Å². The maximum atomic E-state index is 11.9. The predicted octanol–water partition coefficient (Wildman–Crippen LogP) is 2.23. The highest BCUT2D eigenvalue weighted by atomic mass is 16.5. The van der Waals surface area contributed by atoms with Crippen LogP contribution in [-0.2, 0) is 14.9 Å². The summed E-state index contributed by atoms with van der Waals surface area (Å²) < 4.78 is 15.6. The van der Waals surface area contributed by atoms with Crippen molar-refractivity contribution in [2.24, 2.45) is 0 Å². The maximum absolute atomic E-state index is 11.9. The average Bonchev–Trinajstić information content (AvgIpc) is 2.86. The molecule has 0 atom stereocenters. The van der Waals surface area contributed by atoms with Crippen LogP contribution in [0.5, 0.6) is 0 Å². The Hall–Kier alpha value is -2.11. The molecule has 0 radical (unpaired) electrons. The highest BCUT2D eigenvalue weighted by Crippen LogP contribution is 2.48. The fourth-order valence-electron chi connectivity index (χ4n) is 2.01. The molecule has 0 spiro atoms. The summed E-state index contributed by atoms with van der Waals surface area (Å²) in [4.78, 5) is 16.2. The van der Waals surface area contributed by atoms with Crippen LogP contribution in [0.25, 0.3) is 11.6 Å². The molecule has 2 aromatic rings. The van der Waals surface area contributed by atoms with Crippen molar-refractivity contribution >= 4 is 5.97 Å². The Morgan fingerprint density at radius 3 is 2.89 bits per heavy atom. The molecule has 1 saturated carbocycles. The second-order valence-electron chi connectivity index (χ2n) is 4.66. The van der Waals surface area contributed by atoms with Gasteiger partial charge in [0.05, 0.1) is 12.9 Å². The van der Waals surface area contributed by atoms with Gasteiger partial charge in [-0.1, -0.05) is 5.16 Å². The quantitative estimate of drug-likeness (QED) is 0.786. The first-order valence-corrected chi connectivity index (χ1v) is 6.23. The van der Waals surface area contributed by atoms with E-state index in [1.54, 1.807) is 13.2 Å². The van der Waals surface area contributed by atoms with Crippen LogP contribution < -0.4 is 0 Å². The molecule has 0 amide bonds. The van der Waals surface area contributed by atoms with E-state index < -0.39 is 5.41 Å². The van der Waals surface area contributed by atoms with E-state index in [2.05, 4.69) is 10.1 Å². The zero-order valence-electron chi connectivity index (χ0n) is 10.8. The Morgan fingerprint density at radius 1 is 1.53 bits per heavy atom. The number of aromatic nitrogens is 2. The fraction of sp³-hybridized carbons (Fsp3) is 0.462. The number of ether oxygens (including phenoxy) is 1. The van der Waals surface area contributed by atoms with Crippen molar-refractivity contribution in [3.63, 3.8) is 0 Å². The molecule has 0 N–H and O–H groups in total. The summed E-state index contributed by atoms with van der Waals surface area (Å²) in [5.74, 6) is 0.959. The van der Waals surface area contributed by atoms with Crippen LogP contribution in [0.4, 0.5) is 0 Å². The summed E-state index contributed by atoms with van der Waals surface area (Å²) in [6.45, 7) is 4.02. The molecule has 1 aliphatic rings. The number of nitrogens with zero attached hydrogens (tertiary/aromatic N) is 2. The Balaban J connectivity index is 1.90. The second kappa shape index (κ2) is 4.22. The SMILES string of the molecule is CCOC(=O)C1(c2nc(-c3occc3C)no2)CC1. The van der Waals surface area contributed by atoms with Gasteiger partial charge < -0.3 is 13.7 Å². The summed E-state index contributed by atoms with van der Waals surface area (Å²) in [5.41, 5.74) is 0.190. The molecule has 2 aromatic heterocycles. The van der Waals surface area contributed by atoms with Gasteiger partial charge in [0.25, 0.3) is 0 Å². The topological polar surface area (TPSA) is 78.4 Å². The minimum Gasteiger partial charge on any atom is -0.465 e. The van der Waals surface area contributed by atoms with Crippen molar-refractivity contribution in [3.05, 3.63) is 23.8 Å². The summed E-state index contributed by atoms with van der Waals surface area (Å²) >= 11 is 0. The third-order valence-corrected chi connectivity index (χ3v) is 3.32. The number of furan rings is 1. The standard InChI is InChI=1S/C13H14N2O4/c1-3-17-12(16)13(5-6-13)11-14-10(15-19-11)9-8(2)4-7-18-9/h4,7H,3,5-6H2,1-2H3. The maximum Gasteiger partial charge on any atom is 0.321 e. The number of hydrogen-bond donors (Lipinski definition) is 0. The highest BCUT2D eigenvalue weighted by Gasteiger charge is 2.57. The lowest BCUT2D eigenvalue weighted by molar-refractivity contribution is -0.146. The Kier molecular flexibility index (Phi) is 2.66. The van der Waals surface area contributed by atoms with Crippen molar-refractivity contribution < 1.29 is 18.5 Å². The van der Waals surface area contributed by atoms with Gasteiger partial charge in [0.1, 0.15) is 5.41 Å². The van der Waals surface area contributed by atoms with E-state index in [1.165, 1.54) is 0 Å². The lowest BCUT2D eigenvalue weighted by Gasteiger charge is -2.07. The summed E-state index contributed by atoms with van der Waals surface area (Å²) in [6, 6.07) is 1.82. The van der Waals surface area contributed by atoms with Gasteiger partial charge in [0.2, 0.25) is 11.7 Å². The number of carbonyl (C=O) groups excluding carboxylic acids is 1. The zero-order valence-corrected chi connectivity index (χ0v) is 10.8. The number of hydrogen-bond acceptors (Lipinski definition) is 6. The summed E-state index contributed by atoms with van der Waals surface area (Å²) in [5, 5.41) is 3.88. The lowest BCUT2D eigenvalue weighted by atomic mass is 10.1. The molecular formula is C13H14N2O4. The zero-order chi connectivity index (χ0) is 13.5. The number of carbonyl (C=O) groups is 1. The van der Waals surface area contributed by atoms with E-state index in [0.717, 1.165) is 5.56 Å². The third kappa shape index (κ3) is 1.83. The van der Waals surface area contributed by atoms with E-state index in [4.69, 9.17) is 13.7 Å². The first-order valence-electron chi connectivity index (χ1n) is 6.23. The van der Waals surface area contributed by atoms with E-state index in [1.807, 2.05) is 13.0 Å². The van der Waals surface area contributed by atoms with Crippen LogP contribution in [0.1, 0.15) is 31.2 Å². The van der Waals surface area contributed by atoms with Crippen molar-refractivity contribution in [2.45, 2.75) is 32.1 Å². The molecular weight excluding hydrogens is 248 g/mol. The fourth-order valence-corrected chi connectivity index (χ4v) is 2.01. The van der Waals surface area contributed by atoms with Gasteiger partial charge in [-0.2, -0.15) is 4.98 Å². The number of esters is 1. The molecule has 0 unspecified atom stereocenters. The van der Waals surface area contributed by atoms with Gasteiger partial charge in [-0.3, -0.25) is 4.79 Å². The summed E-state index contributed by atoms with van der Waals surface area (Å²) in [6.07, 6.45) is 2.94. The molecule has 1 fully saturated rings. The highest BCUT2D eigenvalue weighted by molar-refractivity contribution is 5.85. The number of aryl methyl sites for hydroxylation is 1. The molecule has 0 aromatic carbocycles. The van der Waals surface area contributed by atoms with Gasteiger partial charge in [0, 0.05) is 0 Å². The Morgan fingerprint density at radius 2 is 2.32 bits per heavy atom. The monoisotopic (exact) mass is 262 g/mol. The minimum absolute atomic E-state index is 0.290. The van der Waals surface area contributed by atoms with Gasteiger partial charge in [0.15, 0.2) is 5.76 Å². The smallest absolute Gasteiger partial charge is 0.321 e. The largest absolute Gasteiger partial charge is 0.465 e. The second-order valence-corrected chi connectivity index (χ2v) is 4.66. The first kappa shape index (κ1) is 12.0. The van der Waals surface area contributed by atoms with E-state index in [9.17, 15) is 4.79 Å². The lowest BCUT2D eigenvalue weighted by Crippen LogP contribution is -2.23. The van der Waals surface area contributed by atoms with Crippen molar-refractivity contribution in [3.8, 4) is 11.6 Å². The third-order valence-electron chi connectivity index (χ3n) is 3.32. The molecule has 6 nitrogen and oxygen atoms in total. The van der Waals surface area contributed by atoms with Crippen molar-refractivity contribution in [1.82, 2.24) is 10.1 Å². The molecule has 1 aliphatic carbocycles. The minimum atomic E-state index is -0.734.